The average Bonchev–Trinajstić information content (AvgIpc) is 3.91. The Morgan fingerprint density at radius 3 is 1.13 bits per heavy atom. The molecule has 0 saturated carbocycles. The van der Waals surface area contributed by atoms with Crippen molar-refractivity contribution in [2.45, 2.75) is 0 Å². The highest BCUT2D eigenvalue weighted by Crippen LogP contribution is 2.48. The van der Waals surface area contributed by atoms with Gasteiger partial charge in [0, 0.05) is 73.9 Å². The van der Waals surface area contributed by atoms with Crippen molar-refractivity contribution in [3.8, 4) is 0 Å². The first-order valence-corrected chi connectivity index (χ1v) is 20.2. The third kappa shape index (κ3) is 4.96. The molecule has 0 aliphatic carbocycles. The Hall–Kier alpha value is -5.98. The van der Waals surface area contributed by atoms with Gasteiger partial charge >= 0.3 is 0 Å². The quantitative estimate of drug-likeness (QED) is 0.168. The zero-order valence-corrected chi connectivity index (χ0v) is 30.9. The van der Waals surface area contributed by atoms with Crippen LogP contribution in [0.5, 0.6) is 0 Å². The molecule has 0 radical (unpaired) electrons. The van der Waals surface area contributed by atoms with E-state index in [0.29, 0.717) is 0 Å². The largest absolute Gasteiger partial charge is 0.309 e. The van der Waals surface area contributed by atoms with Gasteiger partial charge < -0.3 is 9.80 Å². The number of hydrogen-bond donors (Lipinski definition) is 0. The molecule has 0 aliphatic rings. The number of anilines is 6. The van der Waals surface area contributed by atoms with E-state index in [1.54, 1.807) is 0 Å². The molecule has 11 rings (SSSR count). The predicted molar refractivity (Wildman–Crippen MR) is 234 cm³/mol. The van der Waals surface area contributed by atoms with Gasteiger partial charge in [0.25, 0.3) is 0 Å². The maximum Gasteiger partial charge on any atom is 0.0640 e. The Labute approximate surface area is 318 Å². The van der Waals surface area contributed by atoms with Crippen molar-refractivity contribution < 1.29 is 0 Å². The average molecular weight is 731 g/mol. The summed E-state index contributed by atoms with van der Waals surface area (Å²) in [4.78, 5) is 4.87. The molecule has 0 unspecified atom stereocenters. The summed E-state index contributed by atoms with van der Waals surface area (Å²) in [5.74, 6) is 0. The molecule has 0 amide bonds. The second-order valence-electron chi connectivity index (χ2n) is 13.3. The van der Waals surface area contributed by atoms with E-state index in [-0.39, 0.29) is 0 Å². The second kappa shape index (κ2) is 12.3. The first kappa shape index (κ1) is 30.6. The van der Waals surface area contributed by atoms with Crippen LogP contribution < -0.4 is 9.80 Å². The molecule has 250 valence electrons. The molecule has 11 aromatic rings. The van der Waals surface area contributed by atoms with Crippen LogP contribution >= 0.6 is 34.0 Å². The zero-order chi connectivity index (χ0) is 34.9. The van der Waals surface area contributed by atoms with Crippen LogP contribution in [0.1, 0.15) is 0 Å². The molecule has 3 heterocycles. The molecule has 5 heteroatoms. The highest BCUT2D eigenvalue weighted by molar-refractivity contribution is 7.27. The number of para-hydroxylation sites is 2. The lowest BCUT2D eigenvalue weighted by atomic mass is 10.1. The van der Waals surface area contributed by atoms with Crippen LogP contribution in [0.4, 0.5) is 34.1 Å². The van der Waals surface area contributed by atoms with Crippen molar-refractivity contribution in [2.24, 2.45) is 0 Å². The SMILES string of the molecule is c1ccc(N(c2ccc3sc4ccc(N(c5ccccc5)c5cccc6c5sc5ccccc56)cc4c3c2)c2cccc3c2sc2ccccc23)cc1. The number of hydrogen-bond acceptors (Lipinski definition) is 5. The van der Waals surface area contributed by atoms with E-state index in [1.807, 2.05) is 34.0 Å². The molecule has 0 fully saturated rings. The molecular weight excluding hydrogens is 701 g/mol. The summed E-state index contributed by atoms with van der Waals surface area (Å²) in [5, 5.41) is 7.74. The summed E-state index contributed by atoms with van der Waals surface area (Å²) in [6.07, 6.45) is 0. The Balaban J connectivity index is 1.12. The Bertz CT molecular complexity index is 2930. The molecule has 8 aromatic carbocycles. The van der Waals surface area contributed by atoms with Crippen LogP contribution in [-0.2, 0) is 0 Å². The minimum Gasteiger partial charge on any atom is -0.309 e. The smallest absolute Gasteiger partial charge is 0.0640 e. The highest BCUT2D eigenvalue weighted by Gasteiger charge is 2.21. The van der Waals surface area contributed by atoms with Gasteiger partial charge in [-0.15, -0.1) is 34.0 Å². The zero-order valence-electron chi connectivity index (χ0n) is 28.4. The van der Waals surface area contributed by atoms with Crippen LogP contribution in [0, 0.1) is 0 Å². The van der Waals surface area contributed by atoms with Gasteiger partial charge in [-0.3, -0.25) is 0 Å². The summed E-state index contributed by atoms with van der Waals surface area (Å²) in [7, 11) is 0. The highest BCUT2D eigenvalue weighted by atomic mass is 32.1. The standard InChI is InChI=1S/C48H30N2S3/c1-3-13-31(14-4-1)49(41-21-11-19-37-35-17-7-9-23-43(35)52-47(37)41)33-25-27-45-39(29-33)40-30-34(26-28-46(40)51-45)50(32-15-5-2-6-16-32)42-22-12-20-38-36-18-8-10-24-44(36)53-48(38)42/h1-30H. The molecule has 2 nitrogen and oxygen atoms in total. The van der Waals surface area contributed by atoms with E-state index in [2.05, 4.69) is 192 Å². The van der Waals surface area contributed by atoms with Gasteiger partial charge in [0.2, 0.25) is 0 Å². The van der Waals surface area contributed by atoms with E-state index in [1.165, 1.54) is 71.9 Å². The van der Waals surface area contributed by atoms with Gasteiger partial charge in [-0.2, -0.15) is 0 Å². The molecule has 53 heavy (non-hydrogen) atoms. The van der Waals surface area contributed by atoms with Crippen LogP contribution in [0.3, 0.4) is 0 Å². The summed E-state index contributed by atoms with van der Waals surface area (Å²) in [6, 6.07) is 66.5. The Kier molecular flexibility index (Phi) is 7.12. The minimum atomic E-state index is 1.14. The first-order valence-electron chi connectivity index (χ1n) is 17.8. The maximum atomic E-state index is 2.43. The Morgan fingerprint density at radius 1 is 0.264 bits per heavy atom. The summed E-state index contributed by atoms with van der Waals surface area (Å²) >= 11 is 5.61. The summed E-state index contributed by atoms with van der Waals surface area (Å²) in [6.45, 7) is 0. The van der Waals surface area contributed by atoms with Crippen molar-refractivity contribution in [1.29, 1.82) is 0 Å². The number of nitrogens with zero attached hydrogens (tertiary/aromatic N) is 2. The van der Waals surface area contributed by atoms with E-state index in [4.69, 9.17) is 0 Å². The maximum absolute atomic E-state index is 2.43. The number of rotatable bonds is 6. The van der Waals surface area contributed by atoms with Crippen LogP contribution in [0.2, 0.25) is 0 Å². The van der Waals surface area contributed by atoms with Gasteiger partial charge in [0.1, 0.15) is 0 Å². The monoisotopic (exact) mass is 730 g/mol. The molecule has 0 bridgehead atoms. The lowest BCUT2D eigenvalue weighted by molar-refractivity contribution is 1.31. The van der Waals surface area contributed by atoms with E-state index < -0.39 is 0 Å². The fourth-order valence-electron chi connectivity index (χ4n) is 7.86. The van der Waals surface area contributed by atoms with Crippen molar-refractivity contribution >= 4 is 129 Å². The molecule has 3 aromatic heterocycles. The van der Waals surface area contributed by atoms with Crippen LogP contribution in [0.15, 0.2) is 182 Å². The number of fused-ring (bicyclic) bond motifs is 9. The third-order valence-electron chi connectivity index (χ3n) is 10.2. The van der Waals surface area contributed by atoms with Crippen molar-refractivity contribution in [2.75, 3.05) is 9.80 Å². The first-order chi connectivity index (χ1) is 26.3. The fraction of sp³-hybridized carbons (Fsp3) is 0. The van der Waals surface area contributed by atoms with Crippen molar-refractivity contribution in [3.05, 3.63) is 182 Å². The molecule has 0 N–H and O–H groups in total. The third-order valence-corrected chi connectivity index (χ3v) is 13.8. The summed E-state index contributed by atoms with van der Waals surface area (Å²) in [5.41, 5.74) is 6.97. The summed E-state index contributed by atoms with van der Waals surface area (Å²) < 4.78 is 7.78. The molecule has 0 saturated heterocycles. The molecule has 0 atom stereocenters. The van der Waals surface area contributed by atoms with Gasteiger partial charge in [-0.05, 0) is 84.9 Å². The van der Waals surface area contributed by atoms with E-state index >= 15 is 0 Å². The lowest BCUT2D eigenvalue weighted by Crippen LogP contribution is -2.10. The molecule has 0 aliphatic heterocycles. The van der Waals surface area contributed by atoms with Crippen LogP contribution in [-0.4, -0.2) is 0 Å². The molecular formula is C48H30N2S3. The number of thiophene rings is 3. The number of benzene rings is 8. The van der Waals surface area contributed by atoms with Gasteiger partial charge in [-0.1, -0.05) is 97.1 Å². The van der Waals surface area contributed by atoms with Gasteiger partial charge in [0.05, 0.1) is 20.8 Å². The van der Waals surface area contributed by atoms with E-state index in [0.717, 1.165) is 22.7 Å². The minimum absolute atomic E-state index is 1.14. The predicted octanol–water partition coefficient (Wildman–Crippen LogP) is 15.7. The van der Waals surface area contributed by atoms with Gasteiger partial charge in [0.15, 0.2) is 0 Å². The normalized spacial score (nSPS) is 11.8. The van der Waals surface area contributed by atoms with Crippen LogP contribution in [0.25, 0.3) is 60.5 Å². The topological polar surface area (TPSA) is 6.48 Å². The van der Waals surface area contributed by atoms with E-state index in [9.17, 15) is 0 Å². The van der Waals surface area contributed by atoms with Crippen molar-refractivity contribution in [1.82, 2.24) is 0 Å². The molecule has 0 spiro atoms. The fourth-order valence-corrected chi connectivity index (χ4v) is 11.3. The Morgan fingerprint density at radius 2 is 0.660 bits per heavy atom. The van der Waals surface area contributed by atoms with Gasteiger partial charge in [-0.25, -0.2) is 0 Å². The lowest BCUT2D eigenvalue weighted by Gasteiger charge is -2.26. The van der Waals surface area contributed by atoms with Crippen molar-refractivity contribution in [3.63, 3.8) is 0 Å². The second-order valence-corrected chi connectivity index (χ2v) is 16.5.